The van der Waals surface area contributed by atoms with Crippen LogP contribution in [0.25, 0.3) is 0 Å². The lowest BCUT2D eigenvalue weighted by molar-refractivity contribution is 0.156. The van der Waals surface area contributed by atoms with Crippen LogP contribution in [0.4, 0.5) is 0 Å². The molecule has 0 amide bonds. The molecule has 0 heterocycles. The Kier molecular flexibility index (Phi) is 7.19. The summed E-state index contributed by atoms with van der Waals surface area (Å²) in [6.07, 6.45) is 4.88. The van der Waals surface area contributed by atoms with Crippen molar-refractivity contribution in [3.8, 4) is 0 Å². The zero-order valence-corrected chi connectivity index (χ0v) is 18.3. The van der Waals surface area contributed by atoms with Crippen LogP contribution in [-0.2, 0) is 16.4 Å². The van der Waals surface area contributed by atoms with Gasteiger partial charge in [0, 0.05) is 17.6 Å². The SMILES string of the molecule is CC1CCC(C)C(N(CCCc2ccccc2)S(=O)(=O)c2ccc(Cl)cc2)C1. The largest absolute Gasteiger partial charge is 0.243 e. The van der Waals surface area contributed by atoms with Gasteiger partial charge in [0.1, 0.15) is 0 Å². The number of rotatable bonds is 7. The van der Waals surface area contributed by atoms with Crippen molar-refractivity contribution in [2.45, 2.75) is 56.9 Å². The van der Waals surface area contributed by atoms with Gasteiger partial charge in [-0.25, -0.2) is 8.42 Å². The lowest BCUT2D eigenvalue weighted by Gasteiger charge is -2.40. The summed E-state index contributed by atoms with van der Waals surface area (Å²) in [4.78, 5) is 0.335. The normalized spacial score (nSPS) is 23.1. The molecule has 0 aromatic heterocycles. The van der Waals surface area contributed by atoms with E-state index in [2.05, 4.69) is 26.0 Å². The molecule has 0 N–H and O–H groups in total. The van der Waals surface area contributed by atoms with Gasteiger partial charge in [-0.1, -0.05) is 62.2 Å². The van der Waals surface area contributed by atoms with Crippen molar-refractivity contribution >= 4 is 21.6 Å². The lowest BCUT2D eigenvalue weighted by atomic mass is 9.80. The van der Waals surface area contributed by atoms with Crippen LogP contribution in [0.2, 0.25) is 5.02 Å². The maximum atomic E-state index is 13.5. The van der Waals surface area contributed by atoms with E-state index in [1.54, 1.807) is 28.6 Å². The second kappa shape index (κ2) is 9.43. The Morgan fingerprint density at radius 1 is 1.00 bits per heavy atom. The number of hydrogen-bond acceptors (Lipinski definition) is 2. The monoisotopic (exact) mass is 419 g/mol. The molecule has 3 unspecified atom stereocenters. The summed E-state index contributed by atoms with van der Waals surface area (Å²) in [5, 5.41) is 0.550. The van der Waals surface area contributed by atoms with Crippen molar-refractivity contribution in [1.29, 1.82) is 0 Å². The second-order valence-electron chi connectivity index (χ2n) is 8.12. The van der Waals surface area contributed by atoms with Gasteiger partial charge in [0.2, 0.25) is 10.0 Å². The van der Waals surface area contributed by atoms with Crippen LogP contribution < -0.4 is 0 Å². The van der Waals surface area contributed by atoms with E-state index >= 15 is 0 Å². The van der Waals surface area contributed by atoms with E-state index < -0.39 is 10.0 Å². The van der Waals surface area contributed by atoms with E-state index in [0.717, 1.165) is 25.7 Å². The molecule has 3 rings (SSSR count). The molecule has 1 aliphatic rings. The second-order valence-corrected chi connectivity index (χ2v) is 10.4. The molecule has 152 valence electrons. The first-order valence-corrected chi connectivity index (χ1v) is 12.0. The van der Waals surface area contributed by atoms with Crippen molar-refractivity contribution in [2.75, 3.05) is 6.54 Å². The number of hydrogen-bond donors (Lipinski definition) is 0. The molecule has 28 heavy (non-hydrogen) atoms. The summed E-state index contributed by atoms with van der Waals surface area (Å²) in [7, 11) is -3.55. The maximum Gasteiger partial charge on any atom is 0.243 e. The molecule has 1 fully saturated rings. The predicted octanol–water partition coefficient (Wildman–Crippen LogP) is 5.79. The molecule has 0 aliphatic heterocycles. The summed E-state index contributed by atoms with van der Waals surface area (Å²) < 4.78 is 28.8. The van der Waals surface area contributed by atoms with Gasteiger partial charge in [0.15, 0.2) is 0 Å². The maximum absolute atomic E-state index is 13.5. The highest BCUT2D eigenvalue weighted by Gasteiger charge is 2.37. The highest BCUT2D eigenvalue weighted by Crippen LogP contribution is 2.35. The topological polar surface area (TPSA) is 37.4 Å². The van der Waals surface area contributed by atoms with Crippen LogP contribution in [0.5, 0.6) is 0 Å². The summed E-state index contributed by atoms with van der Waals surface area (Å²) in [5.41, 5.74) is 1.25. The van der Waals surface area contributed by atoms with Crippen molar-refractivity contribution in [2.24, 2.45) is 11.8 Å². The molecule has 3 atom stereocenters. The fourth-order valence-corrected chi connectivity index (χ4v) is 6.09. The molecule has 0 radical (unpaired) electrons. The fourth-order valence-electron chi connectivity index (χ4n) is 4.19. The van der Waals surface area contributed by atoms with Gasteiger partial charge in [-0.05, 0) is 67.3 Å². The average Bonchev–Trinajstić information content (AvgIpc) is 2.68. The highest BCUT2D eigenvalue weighted by molar-refractivity contribution is 7.89. The van der Waals surface area contributed by atoms with E-state index in [1.165, 1.54) is 12.0 Å². The standard InChI is InChI=1S/C23H30ClNO2S/c1-18-10-11-19(2)23(17-18)25(16-6-9-20-7-4-3-5-8-20)28(26,27)22-14-12-21(24)13-15-22/h3-5,7-8,12-15,18-19,23H,6,9-11,16-17H2,1-2H3. The Labute approximate surface area is 174 Å². The van der Waals surface area contributed by atoms with Crippen molar-refractivity contribution in [3.63, 3.8) is 0 Å². The third-order valence-corrected chi connectivity index (χ3v) is 8.08. The molecule has 5 heteroatoms. The molecule has 0 saturated heterocycles. The quantitative estimate of drug-likeness (QED) is 0.569. The van der Waals surface area contributed by atoms with Gasteiger partial charge >= 0.3 is 0 Å². The van der Waals surface area contributed by atoms with E-state index in [1.807, 2.05) is 18.2 Å². The predicted molar refractivity (Wildman–Crippen MR) is 116 cm³/mol. The minimum absolute atomic E-state index is 0.0557. The van der Waals surface area contributed by atoms with Crippen molar-refractivity contribution in [3.05, 3.63) is 65.2 Å². The Hall–Kier alpha value is -1.36. The van der Waals surface area contributed by atoms with Gasteiger partial charge in [0.05, 0.1) is 4.90 Å². The summed E-state index contributed by atoms with van der Waals surface area (Å²) in [5.74, 6) is 0.924. The smallest absolute Gasteiger partial charge is 0.207 e. The van der Waals surface area contributed by atoms with E-state index in [0.29, 0.717) is 28.3 Å². The molecule has 0 bridgehead atoms. The summed E-state index contributed by atoms with van der Waals surface area (Å²) >= 11 is 5.98. The van der Waals surface area contributed by atoms with E-state index in [4.69, 9.17) is 11.6 Å². The Balaban J connectivity index is 1.83. The Morgan fingerprint density at radius 2 is 1.68 bits per heavy atom. The van der Waals surface area contributed by atoms with Gasteiger partial charge in [0.25, 0.3) is 0 Å². The first kappa shape index (κ1) is 21.4. The molecule has 1 aliphatic carbocycles. The molecular weight excluding hydrogens is 390 g/mol. The average molecular weight is 420 g/mol. The highest BCUT2D eigenvalue weighted by atomic mass is 35.5. The fraction of sp³-hybridized carbons (Fsp3) is 0.478. The van der Waals surface area contributed by atoms with Gasteiger partial charge in [-0.15, -0.1) is 0 Å². The molecule has 2 aromatic rings. The lowest BCUT2D eigenvalue weighted by Crippen LogP contribution is -2.47. The Morgan fingerprint density at radius 3 is 2.36 bits per heavy atom. The van der Waals surface area contributed by atoms with Crippen LogP contribution in [0.15, 0.2) is 59.5 Å². The number of halogens is 1. The zero-order valence-electron chi connectivity index (χ0n) is 16.7. The number of benzene rings is 2. The first-order chi connectivity index (χ1) is 13.4. The minimum atomic E-state index is -3.55. The van der Waals surface area contributed by atoms with Gasteiger partial charge in [-0.3, -0.25) is 0 Å². The third-order valence-electron chi connectivity index (χ3n) is 5.89. The number of nitrogens with zero attached hydrogens (tertiary/aromatic N) is 1. The Bertz CT molecular complexity index is 852. The summed E-state index contributed by atoms with van der Waals surface area (Å²) in [6.45, 7) is 4.97. The van der Waals surface area contributed by atoms with Gasteiger partial charge < -0.3 is 0 Å². The van der Waals surface area contributed by atoms with Crippen LogP contribution in [0.3, 0.4) is 0 Å². The van der Waals surface area contributed by atoms with Gasteiger partial charge in [-0.2, -0.15) is 4.31 Å². The number of aryl methyl sites for hydroxylation is 1. The number of sulfonamides is 1. The summed E-state index contributed by atoms with van der Waals surface area (Å²) in [6, 6.07) is 16.9. The molecule has 0 spiro atoms. The third kappa shape index (κ3) is 5.16. The van der Waals surface area contributed by atoms with Crippen LogP contribution in [0.1, 0.15) is 45.1 Å². The van der Waals surface area contributed by atoms with Crippen molar-refractivity contribution < 1.29 is 8.42 Å². The molecule has 1 saturated carbocycles. The first-order valence-electron chi connectivity index (χ1n) is 10.2. The van der Waals surface area contributed by atoms with E-state index in [-0.39, 0.29) is 6.04 Å². The van der Waals surface area contributed by atoms with E-state index in [9.17, 15) is 8.42 Å². The molecule has 3 nitrogen and oxygen atoms in total. The van der Waals surface area contributed by atoms with Crippen LogP contribution in [0, 0.1) is 11.8 Å². The van der Waals surface area contributed by atoms with Crippen LogP contribution >= 0.6 is 11.6 Å². The zero-order chi connectivity index (χ0) is 20.1. The minimum Gasteiger partial charge on any atom is -0.207 e. The van der Waals surface area contributed by atoms with Crippen molar-refractivity contribution in [1.82, 2.24) is 4.31 Å². The molecule has 2 aromatic carbocycles. The molecular formula is C23H30ClNO2S. The van der Waals surface area contributed by atoms with Crippen LogP contribution in [-0.4, -0.2) is 25.3 Å².